The predicted molar refractivity (Wildman–Crippen MR) is 52.2 cm³/mol. The van der Waals surface area contributed by atoms with Crippen LogP contribution in [-0.2, 0) is 4.79 Å². The Bertz CT molecular complexity index is 158. The second-order valence-corrected chi connectivity index (χ2v) is 4.36. The van der Waals surface area contributed by atoms with Gasteiger partial charge < -0.3 is 0 Å². The van der Waals surface area contributed by atoms with Crippen molar-refractivity contribution >= 4 is 5.78 Å². The Morgan fingerprint density at radius 1 is 1.42 bits per heavy atom. The summed E-state index contributed by atoms with van der Waals surface area (Å²) >= 11 is 0. The summed E-state index contributed by atoms with van der Waals surface area (Å²) in [6.07, 6.45) is 0. The van der Waals surface area contributed by atoms with Crippen molar-refractivity contribution in [3.8, 4) is 0 Å². The molecule has 0 rings (SSSR count). The molecule has 2 nitrogen and oxygen atoms in total. The summed E-state index contributed by atoms with van der Waals surface area (Å²) in [5.41, 5.74) is -0.219. The number of hydrogen-bond donors (Lipinski definition) is 0. The van der Waals surface area contributed by atoms with Gasteiger partial charge in [0.2, 0.25) is 0 Å². The van der Waals surface area contributed by atoms with Crippen LogP contribution in [0, 0.1) is 5.41 Å². The summed E-state index contributed by atoms with van der Waals surface area (Å²) < 4.78 is 0. The third-order valence-corrected chi connectivity index (χ3v) is 2.28. The molecule has 0 aliphatic rings. The van der Waals surface area contributed by atoms with E-state index in [1.807, 2.05) is 34.7 Å². The predicted octanol–water partition coefficient (Wildman–Crippen LogP) is 1.94. The Morgan fingerprint density at radius 3 is 2.08 bits per heavy atom. The topological polar surface area (TPSA) is 20.3 Å². The van der Waals surface area contributed by atoms with Crippen LogP contribution in [0.4, 0.5) is 0 Å². The summed E-state index contributed by atoms with van der Waals surface area (Å²) in [6, 6.07) is 0.0370. The maximum Gasteiger partial charge on any atom is 0.154 e. The van der Waals surface area contributed by atoms with Gasteiger partial charge in [0.1, 0.15) is 0 Å². The van der Waals surface area contributed by atoms with Gasteiger partial charge in [-0.2, -0.15) is 0 Å². The smallest absolute Gasteiger partial charge is 0.154 e. The molecule has 0 aliphatic heterocycles. The number of rotatable bonds is 3. The number of carbonyl (C=O) groups excluding carboxylic acids is 1. The van der Waals surface area contributed by atoms with Crippen LogP contribution in [0.25, 0.3) is 0 Å². The van der Waals surface area contributed by atoms with Gasteiger partial charge in [0.05, 0.1) is 6.04 Å². The molecular weight excluding hydrogens is 150 g/mol. The van der Waals surface area contributed by atoms with E-state index < -0.39 is 0 Å². The van der Waals surface area contributed by atoms with Gasteiger partial charge in [0.15, 0.2) is 5.78 Å². The van der Waals surface area contributed by atoms with Crippen molar-refractivity contribution in [1.29, 1.82) is 0 Å². The van der Waals surface area contributed by atoms with Gasteiger partial charge >= 0.3 is 0 Å². The molecule has 0 saturated carbocycles. The van der Waals surface area contributed by atoms with Crippen molar-refractivity contribution < 1.29 is 4.79 Å². The molecule has 0 fully saturated rings. The first-order chi connectivity index (χ1) is 5.30. The summed E-state index contributed by atoms with van der Waals surface area (Å²) in [4.78, 5) is 13.8. The molecule has 12 heavy (non-hydrogen) atoms. The SMILES string of the molecule is CCN(C)[C@@H](C)C(=O)C(C)(C)C. The second-order valence-electron chi connectivity index (χ2n) is 4.36. The molecule has 0 aromatic rings. The van der Waals surface area contributed by atoms with Crippen molar-refractivity contribution in [1.82, 2.24) is 4.90 Å². The van der Waals surface area contributed by atoms with Crippen LogP contribution in [0.1, 0.15) is 34.6 Å². The third kappa shape index (κ3) is 2.94. The third-order valence-electron chi connectivity index (χ3n) is 2.28. The van der Waals surface area contributed by atoms with Crippen molar-refractivity contribution in [2.45, 2.75) is 40.7 Å². The molecule has 0 radical (unpaired) electrons. The number of carbonyl (C=O) groups is 1. The first-order valence-corrected chi connectivity index (χ1v) is 4.55. The van der Waals surface area contributed by atoms with Crippen molar-refractivity contribution in [2.75, 3.05) is 13.6 Å². The Hall–Kier alpha value is -0.370. The van der Waals surface area contributed by atoms with E-state index in [9.17, 15) is 4.79 Å². The largest absolute Gasteiger partial charge is 0.297 e. The molecule has 0 bridgehead atoms. The van der Waals surface area contributed by atoms with Gasteiger partial charge in [-0.15, -0.1) is 0 Å². The molecule has 72 valence electrons. The minimum atomic E-state index is -0.219. The number of Topliss-reactive ketones (excluding diaryl/α,β-unsaturated/α-hetero) is 1. The maximum atomic E-state index is 11.7. The fraction of sp³-hybridized carbons (Fsp3) is 0.900. The highest BCUT2D eigenvalue weighted by Gasteiger charge is 2.28. The first kappa shape index (κ1) is 11.6. The van der Waals surface area contributed by atoms with Crippen molar-refractivity contribution in [2.24, 2.45) is 5.41 Å². The number of nitrogens with zero attached hydrogens (tertiary/aromatic N) is 1. The van der Waals surface area contributed by atoms with Crippen molar-refractivity contribution in [3.63, 3.8) is 0 Å². The van der Waals surface area contributed by atoms with Crippen LogP contribution in [0.3, 0.4) is 0 Å². The van der Waals surface area contributed by atoms with Crippen LogP contribution in [-0.4, -0.2) is 30.3 Å². The lowest BCUT2D eigenvalue weighted by Gasteiger charge is -2.28. The molecular formula is C10H21NO. The Morgan fingerprint density at radius 2 is 1.83 bits per heavy atom. The van der Waals surface area contributed by atoms with Crippen LogP contribution < -0.4 is 0 Å². The fourth-order valence-electron chi connectivity index (χ4n) is 1.10. The van der Waals surface area contributed by atoms with Gasteiger partial charge in [-0.1, -0.05) is 27.7 Å². The molecule has 0 unspecified atom stereocenters. The zero-order chi connectivity index (χ0) is 9.94. The van der Waals surface area contributed by atoms with Crippen LogP contribution in [0.15, 0.2) is 0 Å². The molecule has 2 heteroatoms. The summed E-state index contributed by atoms with van der Waals surface area (Å²) in [5, 5.41) is 0. The Kier molecular flexibility index (Phi) is 3.91. The van der Waals surface area contributed by atoms with Crippen LogP contribution >= 0.6 is 0 Å². The lowest BCUT2D eigenvalue weighted by Crippen LogP contribution is -2.41. The Balaban J connectivity index is 4.30. The highest BCUT2D eigenvalue weighted by molar-refractivity contribution is 5.88. The molecule has 0 aromatic heterocycles. The quantitative estimate of drug-likeness (QED) is 0.647. The maximum absolute atomic E-state index is 11.7. The van der Waals surface area contributed by atoms with Crippen LogP contribution in [0.5, 0.6) is 0 Å². The number of hydrogen-bond acceptors (Lipinski definition) is 2. The van der Waals surface area contributed by atoms with E-state index in [4.69, 9.17) is 0 Å². The summed E-state index contributed by atoms with van der Waals surface area (Å²) in [7, 11) is 1.98. The molecule has 1 atom stereocenters. The average molecular weight is 171 g/mol. The monoisotopic (exact) mass is 171 g/mol. The molecule has 0 amide bonds. The number of likely N-dealkylation sites (N-methyl/N-ethyl adjacent to an activating group) is 1. The van der Waals surface area contributed by atoms with Crippen LogP contribution in [0.2, 0.25) is 0 Å². The van der Waals surface area contributed by atoms with Crippen molar-refractivity contribution in [3.05, 3.63) is 0 Å². The van der Waals surface area contributed by atoms with Gasteiger partial charge in [-0.05, 0) is 20.5 Å². The van der Waals surface area contributed by atoms with E-state index in [2.05, 4.69) is 11.8 Å². The molecule has 0 aromatic carbocycles. The van der Waals surface area contributed by atoms with Gasteiger partial charge in [0.25, 0.3) is 0 Å². The zero-order valence-electron chi connectivity index (χ0n) is 9.14. The van der Waals surface area contributed by atoms with E-state index in [0.717, 1.165) is 6.54 Å². The Labute approximate surface area is 75.9 Å². The van der Waals surface area contributed by atoms with E-state index in [1.165, 1.54) is 0 Å². The summed E-state index contributed by atoms with van der Waals surface area (Å²) in [5.74, 6) is 0.312. The lowest BCUT2D eigenvalue weighted by atomic mass is 9.86. The van der Waals surface area contributed by atoms with Gasteiger partial charge in [-0.3, -0.25) is 9.69 Å². The van der Waals surface area contributed by atoms with Gasteiger partial charge in [0, 0.05) is 5.41 Å². The highest BCUT2D eigenvalue weighted by atomic mass is 16.1. The minimum Gasteiger partial charge on any atom is -0.297 e. The molecule has 0 aliphatic carbocycles. The number of ketones is 1. The normalized spacial score (nSPS) is 14.9. The second kappa shape index (κ2) is 4.04. The lowest BCUT2D eigenvalue weighted by molar-refractivity contribution is -0.130. The van der Waals surface area contributed by atoms with E-state index in [0.29, 0.717) is 5.78 Å². The van der Waals surface area contributed by atoms with Gasteiger partial charge in [-0.25, -0.2) is 0 Å². The summed E-state index contributed by atoms with van der Waals surface area (Å²) in [6.45, 7) is 10.9. The average Bonchev–Trinajstić information content (AvgIpc) is 1.98. The molecule has 0 saturated heterocycles. The standard InChI is InChI=1S/C10H21NO/c1-7-11(6)8(2)9(12)10(3,4)5/h8H,7H2,1-6H3/t8-/m0/s1. The van der Waals surface area contributed by atoms with E-state index >= 15 is 0 Å². The fourth-order valence-corrected chi connectivity index (χ4v) is 1.10. The van der Waals surface area contributed by atoms with E-state index in [1.54, 1.807) is 0 Å². The first-order valence-electron chi connectivity index (χ1n) is 4.55. The zero-order valence-corrected chi connectivity index (χ0v) is 9.14. The molecule has 0 spiro atoms. The highest BCUT2D eigenvalue weighted by Crippen LogP contribution is 2.18. The van der Waals surface area contributed by atoms with E-state index in [-0.39, 0.29) is 11.5 Å². The molecule has 0 N–H and O–H groups in total. The molecule has 0 heterocycles. The minimum absolute atomic E-state index is 0.0370.